The number of hydrogen-bond donors (Lipinski definition) is 0. The fourth-order valence-corrected chi connectivity index (χ4v) is 9.17. The van der Waals surface area contributed by atoms with Crippen LogP contribution in [0.1, 0.15) is 79.8 Å². The van der Waals surface area contributed by atoms with Crippen molar-refractivity contribution in [3.63, 3.8) is 0 Å². The van der Waals surface area contributed by atoms with E-state index in [2.05, 4.69) is 6.07 Å². The first-order valence-electron chi connectivity index (χ1n) is 22.5. The highest BCUT2D eigenvalue weighted by Crippen LogP contribution is 2.47. The van der Waals surface area contributed by atoms with E-state index in [-0.39, 0.29) is 33.8 Å². The predicted octanol–water partition coefficient (Wildman–Crippen LogP) is 13.3. The van der Waals surface area contributed by atoms with Crippen LogP contribution < -0.4 is 18.9 Å². The topological polar surface area (TPSA) is 215 Å². The summed E-state index contributed by atoms with van der Waals surface area (Å²) in [6.45, 7) is 11.2. The van der Waals surface area contributed by atoms with E-state index in [1.54, 1.807) is 78.8 Å². The molecule has 0 bridgehead atoms. The number of carbonyl (C=O) groups is 1. The Kier molecular flexibility index (Phi) is 18.9. The van der Waals surface area contributed by atoms with Gasteiger partial charge >= 0.3 is 0 Å². The summed E-state index contributed by atoms with van der Waals surface area (Å²) in [4.78, 5) is 14.4. The van der Waals surface area contributed by atoms with Gasteiger partial charge in [0.05, 0.1) is 50.0 Å². The molecule has 13 nitrogen and oxygen atoms in total. The maximum absolute atomic E-state index is 10.7. The van der Waals surface area contributed by atoms with Crippen LogP contribution in [-0.4, -0.2) is 40.3 Å². The highest BCUT2D eigenvalue weighted by molar-refractivity contribution is 7.14. The zero-order chi connectivity index (χ0) is 54.2. The lowest BCUT2D eigenvalue weighted by molar-refractivity contribution is 0.0755. The van der Waals surface area contributed by atoms with Gasteiger partial charge in [0.2, 0.25) is 0 Å². The van der Waals surface area contributed by atoms with Gasteiger partial charge in [-0.2, -0.15) is 31.6 Å². The molecule has 1 atom stereocenters. The Balaban J connectivity index is 0.000000240. The number of nitrogens with zero attached hydrogens (tertiary/aromatic N) is 6. The summed E-state index contributed by atoms with van der Waals surface area (Å²) in [6, 6.07) is 36.3. The first-order valence-corrected chi connectivity index (χ1v) is 24.1. The van der Waals surface area contributed by atoms with Crippen LogP contribution >= 0.6 is 22.7 Å². The highest BCUT2D eigenvalue weighted by atomic mass is 32.1. The molecule has 2 aliphatic rings. The number of ether oxygens (including phenoxy) is 6. The van der Waals surface area contributed by atoms with Gasteiger partial charge in [0.15, 0.2) is 34.6 Å². The van der Waals surface area contributed by atoms with E-state index in [0.717, 1.165) is 77.3 Å². The van der Waals surface area contributed by atoms with Crippen molar-refractivity contribution in [2.24, 2.45) is 0 Å². The van der Waals surface area contributed by atoms with Crippen LogP contribution in [0.5, 0.6) is 23.0 Å². The summed E-state index contributed by atoms with van der Waals surface area (Å²) < 4.78 is 33.5. The summed E-state index contributed by atoms with van der Waals surface area (Å²) in [5.74, 6) is 3.11. The van der Waals surface area contributed by atoms with Crippen LogP contribution in [0, 0.1) is 81.8 Å². The lowest BCUT2D eigenvalue weighted by Crippen LogP contribution is -2.23. The summed E-state index contributed by atoms with van der Waals surface area (Å²) >= 11 is 3.01. The lowest BCUT2D eigenvalue weighted by atomic mass is 9.86. The lowest BCUT2D eigenvalue weighted by Gasteiger charge is -2.27. The van der Waals surface area contributed by atoms with Crippen LogP contribution in [0.4, 0.5) is 0 Å². The number of allylic oxidation sites excluding steroid dienone is 4. The molecule has 0 radical (unpaired) electrons. The summed E-state index contributed by atoms with van der Waals surface area (Å²) in [6.07, 6.45) is 12.5. The standard InChI is InChI=1S/C32H25N3O3S.C16H16O3S.C11H9N3O/c1-21-16-29(36-3)26(30(17-21)37-4)14-12-24-10-11-25(39-24)13-15-28-27(20-35)31(22(18-33)19-34)38-32(28,2)23-8-6-5-7-9-23;1-11-8-15(18-2)14(16(9-11)19-3)7-6-12-4-5-13(10-17)20-12;1-7-9(6-14)10(8(4-12)5-13)15-11(7,2)3/h5-17H,1-4H3;4-10H,1-3H3;1-3H3/b14-12+,15-13+;7-6+;. The molecule has 3 aromatic carbocycles. The quantitative estimate of drug-likeness (QED) is 0.0840. The van der Waals surface area contributed by atoms with Crippen molar-refractivity contribution in [1.82, 2.24) is 0 Å². The fourth-order valence-electron chi connectivity index (χ4n) is 7.62. The summed E-state index contributed by atoms with van der Waals surface area (Å²) in [7, 11) is 6.55. The number of methoxy groups -OCH3 is 4. The number of benzene rings is 3. The third kappa shape index (κ3) is 12.6. The van der Waals surface area contributed by atoms with Gasteiger partial charge in [-0.05, 0) is 143 Å². The summed E-state index contributed by atoms with van der Waals surface area (Å²) in [5, 5.41) is 55.3. The van der Waals surface area contributed by atoms with Crippen LogP contribution in [0.2, 0.25) is 0 Å². The second-order valence-electron chi connectivity index (χ2n) is 16.7. The average Bonchev–Trinajstić information content (AvgIpc) is 4.19. The monoisotopic (exact) mass is 1020 g/mol. The van der Waals surface area contributed by atoms with Crippen molar-refractivity contribution in [2.75, 3.05) is 28.4 Å². The third-order valence-corrected chi connectivity index (χ3v) is 13.7. The van der Waals surface area contributed by atoms with Crippen molar-refractivity contribution in [3.8, 4) is 59.4 Å². The first-order chi connectivity index (χ1) is 35.5. The zero-order valence-electron chi connectivity index (χ0n) is 42.4. The smallest absolute Gasteiger partial charge is 0.172 e. The van der Waals surface area contributed by atoms with Crippen molar-refractivity contribution in [3.05, 3.63) is 177 Å². The number of nitriles is 6. The number of rotatable bonds is 12. The fraction of sp³-hybridized carbons (Fsp3) is 0.203. The predicted molar refractivity (Wildman–Crippen MR) is 287 cm³/mol. The zero-order valence-corrected chi connectivity index (χ0v) is 44.0. The van der Waals surface area contributed by atoms with E-state index in [1.165, 1.54) is 11.3 Å². The minimum atomic E-state index is -1.05. The van der Waals surface area contributed by atoms with Crippen LogP contribution in [-0.2, 0) is 15.1 Å². The molecule has 0 spiro atoms. The Labute approximate surface area is 439 Å². The Morgan fingerprint density at radius 1 is 0.527 bits per heavy atom. The van der Waals surface area contributed by atoms with Crippen LogP contribution in [0.3, 0.4) is 0 Å². The number of carbonyl (C=O) groups excluding carboxylic acids is 1. The van der Waals surface area contributed by atoms with Gasteiger partial charge < -0.3 is 28.4 Å². The Morgan fingerprint density at radius 3 is 1.30 bits per heavy atom. The van der Waals surface area contributed by atoms with Crippen LogP contribution in [0.25, 0.3) is 30.4 Å². The van der Waals surface area contributed by atoms with Gasteiger partial charge in [0, 0.05) is 20.2 Å². The minimum Gasteiger partial charge on any atom is -0.496 e. The normalized spacial score (nSPS) is 15.2. The first kappa shape index (κ1) is 55.6. The molecule has 7 rings (SSSR count). The molecule has 1 unspecified atom stereocenters. The molecule has 2 aromatic heterocycles. The summed E-state index contributed by atoms with van der Waals surface area (Å²) in [5.41, 5.74) is 4.39. The number of aryl methyl sites for hydroxylation is 2. The molecule has 4 heterocycles. The number of aldehydes is 1. The van der Waals surface area contributed by atoms with Gasteiger partial charge in [0.25, 0.3) is 0 Å². The molecule has 74 heavy (non-hydrogen) atoms. The van der Waals surface area contributed by atoms with E-state index in [9.17, 15) is 20.6 Å². The molecule has 15 heteroatoms. The van der Waals surface area contributed by atoms with Gasteiger partial charge in [0.1, 0.15) is 70.6 Å². The molecule has 0 saturated carbocycles. The molecule has 0 saturated heterocycles. The van der Waals surface area contributed by atoms with E-state index in [1.807, 2.05) is 148 Å². The van der Waals surface area contributed by atoms with Crippen molar-refractivity contribution < 1.29 is 33.2 Å². The molecule has 5 aromatic rings. The van der Waals surface area contributed by atoms with Crippen molar-refractivity contribution >= 4 is 59.3 Å². The molecule has 0 N–H and O–H groups in total. The largest absolute Gasteiger partial charge is 0.496 e. The Bertz CT molecular complexity index is 3370. The SMILES string of the molecule is CC1=C(C#N)C(=C(C#N)C#N)OC1(C)C.COc1cc(C)cc(OC)c1/C=C/c1ccc(/C=C/C2=C(C#N)C(=C(C#N)C#N)OC2(C)c2ccccc2)s1.COc1cc(C)cc(OC)c1/C=C/c1ccc(C=O)s1. The Hall–Kier alpha value is -9.35. The van der Waals surface area contributed by atoms with Gasteiger partial charge in [-0.3, -0.25) is 4.79 Å². The van der Waals surface area contributed by atoms with E-state index >= 15 is 0 Å². The maximum Gasteiger partial charge on any atom is 0.172 e. The minimum absolute atomic E-state index is 0.00398. The van der Waals surface area contributed by atoms with E-state index < -0.39 is 11.2 Å². The number of thiophene rings is 2. The van der Waals surface area contributed by atoms with E-state index in [0.29, 0.717) is 10.5 Å². The molecular formula is C59H50N6O7S2. The molecular weight excluding hydrogens is 969 g/mol. The van der Waals surface area contributed by atoms with Crippen molar-refractivity contribution in [1.29, 1.82) is 31.6 Å². The van der Waals surface area contributed by atoms with Crippen molar-refractivity contribution in [2.45, 2.75) is 52.7 Å². The molecule has 0 fully saturated rings. The van der Waals surface area contributed by atoms with Gasteiger partial charge in [-0.15, -0.1) is 22.7 Å². The Morgan fingerprint density at radius 2 is 0.919 bits per heavy atom. The van der Waals surface area contributed by atoms with Crippen LogP contribution in [0.15, 0.2) is 130 Å². The number of hydrogen-bond acceptors (Lipinski definition) is 15. The second kappa shape index (κ2) is 25.2. The molecule has 0 amide bonds. The molecule has 370 valence electrons. The highest BCUT2D eigenvalue weighted by Gasteiger charge is 2.44. The molecule has 0 aliphatic carbocycles. The van der Waals surface area contributed by atoms with Gasteiger partial charge in [-0.1, -0.05) is 36.4 Å². The van der Waals surface area contributed by atoms with E-state index in [4.69, 9.17) is 44.2 Å². The average molecular weight is 1020 g/mol. The van der Waals surface area contributed by atoms with Gasteiger partial charge in [-0.25, -0.2) is 0 Å². The maximum atomic E-state index is 10.7. The molecule has 2 aliphatic heterocycles. The third-order valence-electron chi connectivity index (χ3n) is 11.7. The second-order valence-corrected chi connectivity index (χ2v) is 19.0.